The molecule has 0 aromatic rings. The predicted octanol–water partition coefficient (Wildman–Crippen LogP) is 2.01. The molecule has 2 nitrogen and oxygen atoms in total. The summed E-state index contributed by atoms with van der Waals surface area (Å²) in [4.78, 5) is 10.9. The molecule has 1 atom stereocenters. The molecule has 1 N–H and O–H groups in total. The molecular formula is C10H14ClNO. The van der Waals surface area contributed by atoms with Gasteiger partial charge in [-0.1, -0.05) is 11.6 Å². The van der Waals surface area contributed by atoms with Crippen LogP contribution in [0.25, 0.3) is 0 Å². The average Bonchev–Trinajstić information content (AvgIpc) is 2.08. The molecule has 1 aliphatic carbocycles. The van der Waals surface area contributed by atoms with Crippen molar-refractivity contribution in [1.29, 1.82) is 0 Å². The second-order valence-electron chi connectivity index (χ2n) is 3.49. The molecule has 0 saturated carbocycles. The number of likely N-dealkylation sites (N-methyl/N-ethyl adjacent to an activating group) is 1. The Morgan fingerprint density at radius 1 is 1.69 bits per heavy atom. The zero-order chi connectivity index (χ0) is 10.1. The number of alkyl halides is 1. The number of hydrogen-bond donors (Lipinski definition) is 1. The lowest BCUT2D eigenvalue weighted by Gasteiger charge is -2.26. The van der Waals surface area contributed by atoms with Gasteiger partial charge >= 0.3 is 0 Å². The highest BCUT2D eigenvalue weighted by Crippen LogP contribution is 2.33. The first kappa shape index (κ1) is 10.3. The predicted molar refractivity (Wildman–Crippen MR) is 54.8 cm³/mol. The van der Waals surface area contributed by atoms with E-state index in [-0.39, 0.29) is 5.91 Å². The minimum Gasteiger partial charge on any atom is -0.355 e. The lowest BCUT2D eigenvalue weighted by atomic mass is 9.89. The second-order valence-corrected chi connectivity index (χ2v) is 4.32. The monoisotopic (exact) mass is 199 g/mol. The van der Waals surface area contributed by atoms with Crippen LogP contribution in [0, 0.1) is 0 Å². The van der Waals surface area contributed by atoms with Crippen LogP contribution in [-0.2, 0) is 4.79 Å². The van der Waals surface area contributed by atoms with E-state index in [1.807, 2.05) is 26.0 Å². The van der Waals surface area contributed by atoms with Crippen molar-refractivity contribution in [3.63, 3.8) is 0 Å². The molecule has 0 bridgehead atoms. The summed E-state index contributed by atoms with van der Waals surface area (Å²) in [5, 5.41) is 2.59. The maximum atomic E-state index is 11.4. The van der Waals surface area contributed by atoms with Crippen molar-refractivity contribution in [2.24, 2.45) is 0 Å². The quantitative estimate of drug-likeness (QED) is 0.644. The highest BCUT2D eigenvalue weighted by Gasteiger charge is 2.31. The Hall–Kier alpha value is -0.760. The Bertz CT molecular complexity index is 289. The molecule has 0 aliphatic heterocycles. The van der Waals surface area contributed by atoms with Gasteiger partial charge in [-0.25, -0.2) is 0 Å². The summed E-state index contributed by atoms with van der Waals surface area (Å²) in [6, 6.07) is 0. The first-order valence-corrected chi connectivity index (χ1v) is 4.65. The summed E-state index contributed by atoms with van der Waals surface area (Å²) in [5.41, 5.74) is 1.74. The van der Waals surface area contributed by atoms with Gasteiger partial charge < -0.3 is 5.32 Å². The van der Waals surface area contributed by atoms with Gasteiger partial charge in [0.1, 0.15) is 0 Å². The van der Waals surface area contributed by atoms with Crippen LogP contribution >= 0.6 is 11.6 Å². The summed E-state index contributed by atoms with van der Waals surface area (Å²) >= 11 is 6.20. The maximum absolute atomic E-state index is 11.4. The van der Waals surface area contributed by atoms with Gasteiger partial charge in [0.2, 0.25) is 5.91 Å². The molecule has 0 saturated heterocycles. The van der Waals surface area contributed by atoms with Crippen LogP contribution in [0.2, 0.25) is 0 Å². The average molecular weight is 200 g/mol. The first-order valence-electron chi connectivity index (χ1n) is 4.27. The van der Waals surface area contributed by atoms with Crippen LogP contribution < -0.4 is 5.32 Å². The molecule has 72 valence electrons. The van der Waals surface area contributed by atoms with Crippen molar-refractivity contribution in [3.05, 3.63) is 23.3 Å². The van der Waals surface area contributed by atoms with Gasteiger partial charge in [0.05, 0.1) is 4.87 Å². The molecule has 1 aliphatic rings. The Kier molecular flexibility index (Phi) is 2.81. The number of hydrogen-bond acceptors (Lipinski definition) is 1. The van der Waals surface area contributed by atoms with Crippen molar-refractivity contribution in [2.75, 3.05) is 7.05 Å². The molecule has 0 aromatic heterocycles. The van der Waals surface area contributed by atoms with E-state index in [9.17, 15) is 4.79 Å². The fourth-order valence-electron chi connectivity index (χ4n) is 1.34. The third-order valence-corrected chi connectivity index (χ3v) is 2.57. The van der Waals surface area contributed by atoms with Gasteiger partial charge in [-0.3, -0.25) is 4.79 Å². The summed E-state index contributed by atoms with van der Waals surface area (Å²) in [5.74, 6) is -0.0926. The van der Waals surface area contributed by atoms with E-state index in [0.29, 0.717) is 12.0 Å². The van der Waals surface area contributed by atoms with E-state index in [2.05, 4.69) is 5.32 Å². The zero-order valence-electron chi connectivity index (χ0n) is 8.15. The van der Waals surface area contributed by atoms with Gasteiger partial charge in [-0.15, -0.1) is 11.6 Å². The highest BCUT2D eigenvalue weighted by molar-refractivity contribution is 6.29. The van der Waals surface area contributed by atoms with Gasteiger partial charge in [-0.2, -0.15) is 0 Å². The third kappa shape index (κ3) is 2.13. The van der Waals surface area contributed by atoms with Crippen LogP contribution in [0.3, 0.4) is 0 Å². The molecule has 0 aromatic carbocycles. The highest BCUT2D eigenvalue weighted by atomic mass is 35.5. The topological polar surface area (TPSA) is 29.1 Å². The second kappa shape index (κ2) is 3.54. The lowest BCUT2D eigenvalue weighted by Crippen LogP contribution is -2.33. The molecule has 3 heteroatoms. The smallest absolute Gasteiger partial charge is 0.248 e. The fourth-order valence-corrected chi connectivity index (χ4v) is 1.55. The van der Waals surface area contributed by atoms with Crippen molar-refractivity contribution in [1.82, 2.24) is 5.32 Å². The normalized spacial score (nSPS) is 27.7. The number of amides is 1. The van der Waals surface area contributed by atoms with E-state index in [4.69, 9.17) is 11.6 Å². The van der Waals surface area contributed by atoms with Crippen LogP contribution in [0.15, 0.2) is 23.3 Å². The zero-order valence-corrected chi connectivity index (χ0v) is 8.90. The number of nitrogens with one attached hydrogen (secondary N) is 1. The summed E-state index contributed by atoms with van der Waals surface area (Å²) in [7, 11) is 1.61. The molecule has 1 unspecified atom stereocenters. The number of carbonyl (C=O) groups excluding carboxylic acids is 1. The minimum atomic E-state index is -0.556. The van der Waals surface area contributed by atoms with Crippen LogP contribution in [-0.4, -0.2) is 17.8 Å². The Morgan fingerprint density at radius 2 is 2.31 bits per heavy atom. The number of rotatable bonds is 1. The molecule has 0 spiro atoms. The molecule has 0 fully saturated rings. The number of halogens is 1. The molecule has 1 amide bonds. The molecule has 13 heavy (non-hydrogen) atoms. The Balaban J connectivity index is 3.01. The van der Waals surface area contributed by atoms with Crippen LogP contribution in [0.5, 0.6) is 0 Å². The van der Waals surface area contributed by atoms with E-state index >= 15 is 0 Å². The van der Waals surface area contributed by atoms with E-state index in [0.717, 1.165) is 5.57 Å². The molecular weight excluding hydrogens is 186 g/mol. The van der Waals surface area contributed by atoms with Crippen molar-refractivity contribution < 1.29 is 4.79 Å². The lowest BCUT2D eigenvalue weighted by molar-refractivity contribution is -0.117. The summed E-state index contributed by atoms with van der Waals surface area (Å²) in [6.45, 7) is 3.83. The SMILES string of the molecule is CNC(=O)C1=CC(C)=CCC1(C)Cl. The Morgan fingerprint density at radius 3 is 2.85 bits per heavy atom. The molecule has 0 radical (unpaired) electrons. The maximum Gasteiger partial charge on any atom is 0.248 e. The van der Waals surface area contributed by atoms with Gasteiger partial charge in [0.15, 0.2) is 0 Å². The number of carbonyl (C=O) groups is 1. The molecule has 0 heterocycles. The minimum absolute atomic E-state index is 0.0926. The van der Waals surface area contributed by atoms with E-state index in [1.165, 1.54) is 0 Å². The molecule has 1 rings (SSSR count). The summed E-state index contributed by atoms with van der Waals surface area (Å²) < 4.78 is 0. The van der Waals surface area contributed by atoms with Crippen molar-refractivity contribution in [2.45, 2.75) is 25.1 Å². The largest absolute Gasteiger partial charge is 0.355 e. The van der Waals surface area contributed by atoms with Crippen molar-refractivity contribution in [3.8, 4) is 0 Å². The van der Waals surface area contributed by atoms with Gasteiger partial charge in [0, 0.05) is 12.6 Å². The Labute approximate surface area is 83.7 Å². The fraction of sp³-hybridized carbons (Fsp3) is 0.500. The van der Waals surface area contributed by atoms with E-state index in [1.54, 1.807) is 7.05 Å². The standard InChI is InChI=1S/C10H14ClNO/c1-7-4-5-10(2,11)8(6-7)9(13)12-3/h4,6H,5H2,1-3H3,(H,12,13). The van der Waals surface area contributed by atoms with Crippen molar-refractivity contribution >= 4 is 17.5 Å². The first-order chi connectivity index (χ1) is 5.97. The van der Waals surface area contributed by atoms with Gasteiger partial charge in [0.25, 0.3) is 0 Å². The van der Waals surface area contributed by atoms with Gasteiger partial charge in [-0.05, 0) is 26.3 Å². The van der Waals surface area contributed by atoms with Crippen LogP contribution in [0.1, 0.15) is 20.3 Å². The summed E-state index contributed by atoms with van der Waals surface area (Å²) in [6.07, 6.45) is 4.59. The third-order valence-electron chi connectivity index (χ3n) is 2.21. The van der Waals surface area contributed by atoms with Crippen LogP contribution in [0.4, 0.5) is 0 Å². The number of allylic oxidation sites excluding steroid dienone is 3. The van der Waals surface area contributed by atoms with E-state index < -0.39 is 4.87 Å².